The zero-order valence-electron chi connectivity index (χ0n) is 8.49. The Hall–Kier alpha value is -1.99. The van der Waals surface area contributed by atoms with Gasteiger partial charge in [0.2, 0.25) is 0 Å². The van der Waals surface area contributed by atoms with Crippen molar-refractivity contribution in [3.05, 3.63) is 30.3 Å². The molecule has 0 aromatic heterocycles. The Labute approximate surface area is 97.2 Å². The van der Waals surface area contributed by atoms with Crippen molar-refractivity contribution in [3.63, 3.8) is 0 Å². The van der Waals surface area contributed by atoms with Crippen molar-refractivity contribution < 1.29 is 22.3 Å². The lowest BCUT2D eigenvalue weighted by Crippen LogP contribution is -2.06. The van der Waals surface area contributed by atoms with E-state index in [0.717, 1.165) is 6.07 Å². The topological polar surface area (TPSA) is 110 Å². The van der Waals surface area contributed by atoms with Gasteiger partial charge in [0.15, 0.2) is 0 Å². The van der Waals surface area contributed by atoms with Crippen LogP contribution in [0.2, 0.25) is 0 Å². The average Bonchev–Trinajstić information content (AvgIpc) is 2.13. The summed E-state index contributed by atoms with van der Waals surface area (Å²) in [7, 11) is -4.62. The summed E-state index contributed by atoms with van der Waals surface area (Å²) in [6.45, 7) is 0. The molecule has 0 bridgehead atoms. The third-order valence-corrected chi connectivity index (χ3v) is 2.53. The molecule has 0 aliphatic rings. The molecule has 2 aromatic carbocycles. The van der Waals surface area contributed by atoms with Crippen LogP contribution in [-0.4, -0.2) is 18.1 Å². The molecule has 2 aromatic rings. The lowest BCUT2D eigenvalue weighted by Gasteiger charge is -2.06. The summed E-state index contributed by atoms with van der Waals surface area (Å²) < 4.78 is 33.9. The van der Waals surface area contributed by atoms with Crippen LogP contribution in [0, 0.1) is 0 Å². The Kier molecular flexibility index (Phi) is 2.56. The number of nitrogens with two attached hydrogens (primary N) is 1. The van der Waals surface area contributed by atoms with Crippen LogP contribution in [0.3, 0.4) is 0 Å². The monoisotopic (exact) mass is 255 g/mol. The lowest BCUT2D eigenvalue weighted by molar-refractivity contribution is 0.386. The number of hydrogen-bond acceptors (Lipinski definition) is 5. The minimum atomic E-state index is -4.62. The predicted molar refractivity (Wildman–Crippen MR) is 62.2 cm³/mol. The number of phenolic OH excluding ortho intramolecular Hbond substituents is 1. The molecule has 4 N–H and O–H groups in total. The number of aromatic hydroxyl groups is 1. The van der Waals surface area contributed by atoms with E-state index in [1.807, 2.05) is 0 Å². The highest BCUT2D eigenvalue weighted by molar-refractivity contribution is 7.81. The molecule has 0 saturated carbocycles. The van der Waals surface area contributed by atoms with E-state index in [-0.39, 0.29) is 11.5 Å². The second-order valence-corrected chi connectivity index (χ2v) is 4.46. The van der Waals surface area contributed by atoms with Crippen LogP contribution >= 0.6 is 0 Å². The van der Waals surface area contributed by atoms with Gasteiger partial charge in [-0.25, -0.2) is 0 Å². The number of fused-ring (bicyclic) bond motifs is 1. The van der Waals surface area contributed by atoms with E-state index in [9.17, 15) is 13.5 Å². The van der Waals surface area contributed by atoms with Crippen LogP contribution in [0.5, 0.6) is 11.5 Å². The van der Waals surface area contributed by atoms with E-state index in [1.165, 1.54) is 6.07 Å². The first kappa shape index (κ1) is 11.5. The van der Waals surface area contributed by atoms with Crippen molar-refractivity contribution >= 4 is 26.9 Å². The van der Waals surface area contributed by atoms with Gasteiger partial charge in [-0.05, 0) is 29.7 Å². The Morgan fingerprint density at radius 2 is 1.88 bits per heavy atom. The van der Waals surface area contributed by atoms with Gasteiger partial charge in [0.25, 0.3) is 0 Å². The average molecular weight is 255 g/mol. The van der Waals surface area contributed by atoms with E-state index >= 15 is 0 Å². The first-order valence-electron chi connectivity index (χ1n) is 4.54. The highest BCUT2D eigenvalue weighted by Gasteiger charge is 2.10. The highest BCUT2D eigenvalue weighted by atomic mass is 32.3. The van der Waals surface area contributed by atoms with Gasteiger partial charge in [-0.15, -0.1) is 0 Å². The normalized spacial score (nSPS) is 11.6. The van der Waals surface area contributed by atoms with Gasteiger partial charge in [0.1, 0.15) is 11.5 Å². The summed E-state index contributed by atoms with van der Waals surface area (Å²) in [6.07, 6.45) is 0. The maximum atomic E-state index is 10.5. The van der Waals surface area contributed by atoms with Gasteiger partial charge in [-0.3, -0.25) is 4.55 Å². The van der Waals surface area contributed by atoms with Gasteiger partial charge in [0.05, 0.1) is 0 Å². The minimum absolute atomic E-state index is 0.166. The van der Waals surface area contributed by atoms with E-state index in [4.69, 9.17) is 10.3 Å². The maximum Gasteiger partial charge on any atom is 0.446 e. The van der Waals surface area contributed by atoms with E-state index in [1.54, 1.807) is 18.2 Å². The number of anilines is 1. The fourth-order valence-corrected chi connectivity index (χ4v) is 1.85. The van der Waals surface area contributed by atoms with Gasteiger partial charge in [-0.1, -0.05) is 0 Å². The fraction of sp³-hybridized carbons (Fsp3) is 0. The molecule has 0 atom stereocenters. The molecule has 0 spiro atoms. The summed E-state index contributed by atoms with van der Waals surface area (Å²) in [6, 6.07) is 7.18. The molecule has 0 aliphatic heterocycles. The molecule has 0 saturated heterocycles. The highest BCUT2D eigenvalue weighted by Crippen LogP contribution is 2.31. The Bertz CT molecular complexity index is 680. The number of rotatable bonds is 2. The van der Waals surface area contributed by atoms with E-state index in [2.05, 4.69) is 4.18 Å². The number of nitrogen functional groups attached to an aromatic ring is 1. The van der Waals surface area contributed by atoms with E-state index < -0.39 is 10.4 Å². The molecule has 17 heavy (non-hydrogen) atoms. The zero-order valence-corrected chi connectivity index (χ0v) is 9.31. The Morgan fingerprint density at radius 3 is 2.53 bits per heavy atom. The second-order valence-electron chi connectivity index (χ2n) is 3.43. The second kappa shape index (κ2) is 3.79. The summed E-state index contributed by atoms with van der Waals surface area (Å²) in [5, 5.41) is 10.6. The molecular weight excluding hydrogens is 246 g/mol. The molecule has 7 heteroatoms. The van der Waals surface area contributed by atoms with Crippen molar-refractivity contribution in [2.45, 2.75) is 0 Å². The Morgan fingerprint density at radius 1 is 1.18 bits per heavy atom. The smallest absolute Gasteiger partial charge is 0.446 e. The first-order chi connectivity index (χ1) is 7.85. The molecule has 6 nitrogen and oxygen atoms in total. The Balaban J connectivity index is 2.61. The molecule has 0 radical (unpaired) electrons. The number of hydrogen-bond donors (Lipinski definition) is 3. The molecule has 0 heterocycles. The summed E-state index contributed by atoms with van der Waals surface area (Å²) in [5.74, 6) is -0.357. The number of phenols is 1. The van der Waals surface area contributed by atoms with Gasteiger partial charge in [0, 0.05) is 17.1 Å². The van der Waals surface area contributed by atoms with E-state index in [0.29, 0.717) is 16.5 Å². The lowest BCUT2D eigenvalue weighted by atomic mass is 10.1. The van der Waals surface area contributed by atoms with Crippen LogP contribution in [0.1, 0.15) is 0 Å². The molecule has 2 rings (SSSR count). The van der Waals surface area contributed by atoms with Crippen molar-refractivity contribution in [1.82, 2.24) is 0 Å². The molecule has 0 amide bonds. The molecular formula is C10H9NO5S. The summed E-state index contributed by atoms with van der Waals surface area (Å²) in [5.41, 5.74) is 6.02. The predicted octanol–water partition coefficient (Wildman–Crippen LogP) is 1.31. The van der Waals surface area contributed by atoms with Gasteiger partial charge >= 0.3 is 10.4 Å². The third-order valence-electron chi connectivity index (χ3n) is 2.13. The van der Waals surface area contributed by atoms with Crippen LogP contribution in [0.15, 0.2) is 30.3 Å². The minimum Gasteiger partial charge on any atom is -0.507 e. The molecule has 0 fully saturated rings. The van der Waals surface area contributed by atoms with Gasteiger partial charge in [-0.2, -0.15) is 8.42 Å². The maximum absolute atomic E-state index is 10.5. The van der Waals surface area contributed by atoms with Crippen LogP contribution in [0.4, 0.5) is 5.69 Å². The third kappa shape index (κ3) is 2.58. The van der Waals surface area contributed by atoms with Crippen LogP contribution < -0.4 is 9.92 Å². The van der Waals surface area contributed by atoms with Gasteiger partial charge < -0.3 is 15.0 Å². The largest absolute Gasteiger partial charge is 0.507 e. The van der Waals surface area contributed by atoms with Crippen molar-refractivity contribution in [2.24, 2.45) is 0 Å². The van der Waals surface area contributed by atoms with Crippen LogP contribution in [-0.2, 0) is 10.4 Å². The van der Waals surface area contributed by atoms with Crippen molar-refractivity contribution in [2.75, 3.05) is 5.73 Å². The number of benzene rings is 2. The summed E-state index contributed by atoms with van der Waals surface area (Å²) in [4.78, 5) is 0. The first-order valence-corrected chi connectivity index (χ1v) is 5.91. The SMILES string of the molecule is Nc1ccc2c(O)cc(OS(=O)(=O)O)cc2c1. The van der Waals surface area contributed by atoms with Crippen LogP contribution in [0.25, 0.3) is 10.8 Å². The molecule has 90 valence electrons. The standard InChI is InChI=1S/C10H9NO5S/c11-7-1-2-9-6(3-7)4-8(5-10(9)12)16-17(13,14)15/h1-5,12H,11H2,(H,13,14,15). The van der Waals surface area contributed by atoms with Crippen molar-refractivity contribution in [1.29, 1.82) is 0 Å². The van der Waals surface area contributed by atoms with Crippen molar-refractivity contribution in [3.8, 4) is 11.5 Å². The molecule has 0 unspecified atom stereocenters. The molecule has 0 aliphatic carbocycles. The zero-order chi connectivity index (χ0) is 12.6. The summed E-state index contributed by atoms with van der Waals surface area (Å²) >= 11 is 0. The quantitative estimate of drug-likeness (QED) is 0.551. The fourth-order valence-electron chi connectivity index (χ4n) is 1.51.